The van der Waals surface area contributed by atoms with Crippen LogP contribution >= 0.6 is 0 Å². The predicted octanol–water partition coefficient (Wildman–Crippen LogP) is 10.4. The quantitative estimate of drug-likeness (QED) is 0.0840. The van der Waals surface area contributed by atoms with Crippen molar-refractivity contribution in [2.75, 3.05) is 6.61 Å². The summed E-state index contributed by atoms with van der Waals surface area (Å²) < 4.78 is 13.9. The number of hydrogen-bond acceptors (Lipinski definition) is 3. The van der Waals surface area contributed by atoms with Crippen molar-refractivity contribution >= 4 is 27.6 Å². The molecule has 0 N–H and O–H groups in total. The number of benzene rings is 1. The van der Waals surface area contributed by atoms with Crippen LogP contribution in [0.4, 0.5) is 0 Å². The van der Waals surface area contributed by atoms with Crippen LogP contribution in [0.2, 0.25) is 49.0 Å². The van der Waals surface area contributed by atoms with E-state index in [0.717, 1.165) is 41.4 Å². The molecule has 3 aromatic heterocycles. The summed E-state index contributed by atoms with van der Waals surface area (Å²) in [7, 11) is -1.21. The molecule has 4 saturated heterocycles. The van der Waals surface area contributed by atoms with Crippen LogP contribution in [0.3, 0.4) is 0 Å². The SMILES string of the molecule is Cc1ccc(C(=O)c2ccc(C(c3nccn3COCC[Si](C)(C)C)c3cccn3B3C4CCCC3CCC4)n2B2C3CCCC2CCC3)cc1. The number of rotatable bonds is 12. The lowest BCUT2D eigenvalue weighted by Gasteiger charge is -2.43. The van der Waals surface area contributed by atoms with E-state index in [2.05, 4.69) is 88.9 Å². The van der Waals surface area contributed by atoms with Crippen LogP contribution in [0.15, 0.2) is 67.1 Å². The molecule has 1 aromatic carbocycles. The summed E-state index contributed by atoms with van der Waals surface area (Å²) in [6.45, 7) is 11.5. The molecule has 1 atom stereocenters. The van der Waals surface area contributed by atoms with E-state index in [1.807, 2.05) is 18.3 Å². The highest BCUT2D eigenvalue weighted by atomic mass is 28.3. The van der Waals surface area contributed by atoms with E-state index in [4.69, 9.17) is 9.72 Å². The molecule has 6 nitrogen and oxygen atoms in total. The van der Waals surface area contributed by atoms with E-state index in [9.17, 15) is 4.79 Å². The molecule has 4 aliphatic heterocycles. The van der Waals surface area contributed by atoms with Crippen LogP contribution in [-0.2, 0) is 11.5 Å². The maximum Gasteiger partial charge on any atom is 0.266 e. The number of hydrogen-bond donors (Lipinski definition) is 0. The molecule has 0 radical (unpaired) electrons. The lowest BCUT2D eigenvalue weighted by atomic mass is 9.34. The largest absolute Gasteiger partial charge is 0.394 e. The van der Waals surface area contributed by atoms with Gasteiger partial charge in [0.1, 0.15) is 12.6 Å². The average molecular weight is 701 g/mol. The van der Waals surface area contributed by atoms with E-state index in [0.29, 0.717) is 32.1 Å². The molecule has 51 heavy (non-hydrogen) atoms. The summed E-state index contributed by atoms with van der Waals surface area (Å²) in [5, 5.41) is 0. The minimum atomic E-state index is -1.21. The third-order valence-corrected chi connectivity index (χ3v) is 15.0. The highest BCUT2D eigenvalue weighted by Crippen LogP contribution is 2.50. The fourth-order valence-electron chi connectivity index (χ4n) is 10.8. The Labute approximate surface area is 308 Å². The molecule has 4 fully saturated rings. The number of fused-ring (bicyclic) bond motifs is 4. The van der Waals surface area contributed by atoms with Gasteiger partial charge in [0.05, 0.1) is 11.6 Å². The molecule has 0 spiro atoms. The van der Waals surface area contributed by atoms with Crippen molar-refractivity contribution in [1.82, 2.24) is 18.5 Å². The van der Waals surface area contributed by atoms with Gasteiger partial charge in [0.15, 0.2) is 0 Å². The minimum Gasteiger partial charge on any atom is -0.394 e. The number of carbonyl (C=O) groups excluding carboxylic acids is 1. The van der Waals surface area contributed by atoms with Crippen molar-refractivity contribution < 1.29 is 9.53 Å². The van der Waals surface area contributed by atoms with Crippen LogP contribution in [0.25, 0.3) is 0 Å². The van der Waals surface area contributed by atoms with Crippen molar-refractivity contribution in [2.45, 2.75) is 146 Å². The molecule has 9 heteroatoms. The van der Waals surface area contributed by atoms with Crippen molar-refractivity contribution in [3.05, 3.63) is 101 Å². The zero-order valence-corrected chi connectivity index (χ0v) is 32.6. The van der Waals surface area contributed by atoms with E-state index in [1.54, 1.807) is 0 Å². The summed E-state index contributed by atoms with van der Waals surface area (Å²) in [4.78, 5) is 19.9. The lowest BCUT2D eigenvalue weighted by Crippen LogP contribution is -2.44. The minimum absolute atomic E-state index is 0.111. The number of ether oxygens (including phenoxy) is 1. The van der Waals surface area contributed by atoms with Gasteiger partial charge in [0, 0.05) is 44.0 Å². The van der Waals surface area contributed by atoms with E-state index in [1.165, 1.54) is 94.0 Å². The normalized spacial score (nSPS) is 24.2. The Balaban J connectivity index is 1.28. The fourth-order valence-corrected chi connectivity index (χ4v) is 11.6. The highest BCUT2D eigenvalue weighted by Gasteiger charge is 2.46. The van der Waals surface area contributed by atoms with Gasteiger partial charge in [-0.15, -0.1) is 0 Å². The van der Waals surface area contributed by atoms with E-state index >= 15 is 0 Å². The molecule has 8 rings (SSSR count). The van der Waals surface area contributed by atoms with E-state index in [-0.39, 0.29) is 11.7 Å². The Morgan fingerprint density at radius 1 is 0.804 bits per heavy atom. The monoisotopic (exact) mass is 700 g/mol. The first-order valence-electron chi connectivity index (χ1n) is 20.3. The van der Waals surface area contributed by atoms with Crippen molar-refractivity contribution in [1.29, 1.82) is 0 Å². The Morgan fingerprint density at radius 2 is 1.41 bits per heavy atom. The van der Waals surface area contributed by atoms with Crippen LogP contribution < -0.4 is 0 Å². The Bertz CT molecular complexity index is 1760. The molecular formula is C42H58B2N4O2Si. The molecule has 0 aliphatic carbocycles. The molecule has 4 aliphatic rings. The maximum absolute atomic E-state index is 14.7. The van der Waals surface area contributed by atoms with Crippen LogP contribution in [0.1, 0.15) is 122 Å². The van der Waals surface area contributed by atoms with Crippen LogP contribution in [0, 0.1) is 6.92 Å². The Morgan fingerprint density at radius 3 is 2.02 bits per heavy atom. The smallest absolute Gasteiger partial charge is 0.266 e. The Kier molecular flexibility index (Phi) is 10.1. The second kappa shape index (κ2) is 14.8. The highest BCUT2D eigenvalue weighted by molar-refractivity contribution is 6.76. The van der Waals surface area contributed by atoms with Gasteiger partial charge in [-0.2, -0.15) is 0 Å². The number of aromatic nitrogens is 4. The first kappa shape index (κ1) is 35.0. The zero-order chi connectivity index (χ0) is 35.1. The van der Waals surface area contributed by atoms with Crippen molar-refractivity contribution in [2.24, 2.45) is 0 Å². The van der Waals surface area contributed by atoms with Crippen molar-refractivity contribution in [3.63, 3.8) is 0 Å². The second-order valence-corrected chi connectivity index (χ2v) is 23.5. The molecule has 0 saturated carbocycles. The first-order chi connectivity index (χ1) is 24.8. The maximum atomic E-state index is 14.7. The number of imidazole rings is 1. The van der Waals surface area contributed by atoms with Gasteiger partial charge in [-0.25, -0.2) is 4.98 Å². The summed E-state index contributed by atoms with van der Waals surface area (Å²) in [6.07, 6.45) is 22.1. The van der Waals surface area contributed by atoms with Crippen LogP contribution in [0.5, 0.6) is 0 Å². The Hall–Kier alpha value is -3.03. The number of aryl methyl sites for hydroxylation is 1. The zero-order valence-electron chi connectivity index (χ0n) is 31.6. The van der Waals surface area contributed by atoms with Gasteiger partial charge in [0.2, 0.25) is 5.78 Å². The molecule has 268 valence electrons. The predicted molar refractivity (Wildman–Crippen MR) is 213 cm³/mol. The lowest BCUT2D eigenvalue weighted by molar-refractivity contribution is 0.0848. The van der Waals surface area contributed by atoms with Gasteiger partial charge < -0.3 is 18.3 Å². The van der Waals surface area contributed by atoms with Gasteiger partial charge in [0.25, 0.3) is 13.7 Å². The third kappa shape index (κ3) is 7.06. The summed E-state index contributed by atoms with van der Waals surface area (Å²) in [5.74, 6) is 3.72. The van der Waals surface area contributed by atoms with Gasteiger partial charge >= 0.3 is 0 Å². The number of nitrogens with zero attached hydrogens (tertiary/aromatic N) is 4. The molecule has 0 amide bonds. The summed E-state index contributed by atoms with van der Waals surface area (Å²) >= 11 is 0. The molecular weight excluding hydrogens is 642 g/mol. The van der Waals surface area contributed by atoms with Gasteiger partial charge in [-0.1, -0.05) is 127 Å². The summed E-state index contributed by atoms with van der Waals surface area (Å²) in [5.41, 5.74) is 5.35. The van der Waals surface area contributed by atoms with Crippen LogP contribution in [-0.4, -0.2) is 52.7 Å². The van der Waals surface area contributed by atoms with E-state index < -0.39 is 8.07 Å². The average Bonchev–Trinajstić information content (AvgIpc) is 3.87. The first-order valence-corrected chi connectivity index (χ1v) is 24.1. The van der Waals surface area contributed by atoms with Crippen molar-refractivity contribution in [3.8, 4) is 0 Å². The number of carbonyl (C=O) groups is 1. The molecule has 7 heterocycles. The molecule has 4 bridgehead atoms. The second-order valence-electron chi connectivity index (χ2n) is 17.8. The summed E-state index contributed by atoms with van der Waals surface area (Å²) in [6, 6.07) is 18.5. The molecule has 4 aromatic rings. The fraction of sp³-hybridized carbons (Fsp3) is 0.571. The standard InChI is InChI=1S/C42H58B2N4O2Si/c1-31-19-21-32(22-20-31)41(49)39-24-23-38(48(39)44-35-14-7-15-36(44)17-8-16-35)40(42-45-25-27-46(42)30-50-28-29-51(2,3)4)37-18-9-26-47(37)43-33-10-5-11-34(43)13-6-12-33/h9,18-27,33-36,40H,5-8,10-17,28-30H2,1-4H3. The topological polar surface area (TPSA) is 54.0 Å². The number of ketones is 1. The van der Waals surface area contributed by atoms with Gasteiger partial charge in [-0.05, 0) is 66.7 Å². The third-order valence-electron chi connectivity index (χ3n) is 13.3. The van der Waals surface area contributed by atoms with Gasteiger partial charge in [-0.3, -0.25) is 4.79 Å². The molecule has 1 unspecified atom stereocenters.